The van der Waals surface area contributed by atoms with E-state index in [0.717, 1.165) is 50.1 Å². The van der Waals surface area contributed by atoms with Crippen LogP contribution in [-0.2, 0) is 77.5 Å². The molecule has 666 valence electrons. The summed E-state index contributed by atoms with van der Waals surface area (Å²) in [6.45, 7) is 15.1. The van der Waals surface area contributed by atoms with Gasteiger partial charge in [-0.25, -0.2) is 0 Å². The lowest BCUT2D eigenvalue weighted by atomic mass is 9.85. The topological polar surface area (TPSA) is 501 Å². The minimum absolute atomic E-state index is 0.00619. The maximum absolute atomic E-state index is 11.0. The third kappa shape index (κ3) is 29.2. The molecule has 0 unspecified atom stereocenters. The van der Waals surface area contributed by atoms with E-state index in [-0.39, 0.29) is 161 Å². The van der Waals surface area contributed by atoms with Gasteiger partial charge >= 0.3 is 0 Å². The van der Waals surface area contributed by atoms with E-state index in [1.165, 1.54) is 24.3 Å². The van der Waals surface area contributed by atoms with Crippen molar-refractivity contribution >= 4 is 50.3 Å². The highest BCUT2D eigenvalue weighted by Gasteiger charge is 2.21. The fourth-order valence-corrected chi connectivity index (χ4v) is 12.9. The first kappa shape index (κ1) is 103. The Morgan fingerprint density at radius 2 is 0.622 bits per heavy atom. The zero-order chi connectivity index (χ0) is 94.5. The van der Waals surface area contributed by atoms with Crippen LogP contribution in [0.15, 0.2) is 188 Å². The molecule has 0 amide bonds. The number of carbonyl (C=O) groups excluding carboxylic acids is 8. The molecule has 0 atom stereocenters. The molecule has 0 aliphatic carbocycles. The molecule has 26 heteroatoms. The van der Waals surface area contributed by atoms with Gasteiger partial charge in [0.25, 0.3) is 0 Å². The summed E-state index contributed by atoms with van der Waals surface area (Å²) in [5.41, 5.74) is 17.3. The predicted octanol–water partition coefficient (Wildman–Crippen LogP) is 14.9. The zero-order valence-electron chi connectivity index (χ0n) is 71.6. The van der Waals surface area contributed by atoms with Crippen LogP contribution in [0.4, 0.5) is 0 Å². The second-order valence-corrected chi connectivity index (χ2v) is 30.1. The van der Waals surface area contributed by atoms with Crippen molar-refractivity contribution in [1.29, 1.82) is 0 Å². The van der Waals surface area contributed by atoms with Gasteiger partial charge in [-0.15, -0.1) is 0 Å². The van der Waals surface area contributed by atoms with Gasteiger partial charge < -0.3 is 91.9 Å². The Balaban J connectivity index is 0.000000260. The van der Waals surface area contributed by atoms with Crippen molar-refractivity contribution in [2.24, 2.45) is 0 Å². The number of benzene rings is 12. The van der Waals surface area contributed by atoms with Crippen LogP contribution >= 0.6 is 0 Å². The summed E-state index contributed by atoms with van der Waals surface area (Å²) < 4.78 is 0. The van der Waals surface area contributed by atoms with Crippen molar-refractivity contribution < 1.29 is 130 Å². The number of phenolic OH excluding ortho intramolecular Hbond substituents is 4. The first-order valence-corrected chi connectivity index (χ1v) is 39.5. The number of hydrogen-bond acceptors (Lipinski definition) is 26. The van der Waals surface area contributed by atoms with E-state index in [9.17, 15) is 94.5 Å². The number of phenols is 10. The Morgan fingerprint density at radius 1 is 0.260 bits per heavy atom. The Morgan fingerprint density at radius 3 is 1.09 bits per heavy atom. The lowest BCUT2D eigenvalue weighted by Crippen LogP contribution is -2.12. The summed E-state index contributed by atoms with van der Waals surface area (Å²) in [6.07, 6.45) is 6.32. The first-order chi connectivity index (χ1) is 60.5. The summed E-state index contributed by atoms with van der Waals surface area (Å²) >= 11 is 0. The average Bonchev–Trinajstić information content (AvgIpc) is 0.828. The number of aryl methyl sites for hydroxylation is 6. The molecule has 0 bridgehead atoms. The number of aliphatic hydroxyl groups excluding tert-OH is 8. The highest BCUT2D eigenvalue weighted by molar-refractivity contribution is 5.87. The minimum Gasteiger partial charge on any atom is -0.507 e. The summed E-state index contributed by atoms with van der Waals surface area (Å²) in [5.74, 6) is -0.348. The van der Waals surface area contributed by atoms with Crippen molar-refractivity contribution in [3.05, 3.63) is 338 Å². The van der Waals surface area contributed by atoms with Crippen LogP contribution in [0.25, 0.3) is 22.3 Å². The van der Waals surface area contributed by atoms with Gasteiger partial charge in [-0.1, -0.05) is 136 Å². The molecule has 18 N–H and O–H groups in total. The maximum Gasteiger partial charge on any atom is 0.153 e. The largest absolute Gasteiger partial charge is 0.507 e. The van der Waals surface area contributed by atoms with E-state index in [1.54, 1.807) is 112 Å². The smallest absolute Gasteiger partial charge is 0.153 e. The Labute approximate surface area is 734 Å². The molecular weight excluding hydrogens is 1630 g/mol. The quantitative estimate of drug-likeness (QED) is 0.0264. The molecule has 12 aromatic rings. The zero-order valence-corrected chi connectivity index (χ0v) is 71.6. The highest BCUT2D eigenvalue weighted by atomic mass is 16.3. The molecule has 0 aliphatic heterocycles. The highest BCUT2D eigenvalue weighted by Crippen LogP contribution is 2.37. The molecule has 0 aliphatic rings. The van der Waals surface area contributed by atoms with Gasteiger partial charge in [0.05, 0.1) is 91.8 Å². The number of rotatable bonds is 23. The second kappa shape index (κ2) is 50.4. The summed E-state index contributed by atoms with van der Waals surface area (Å²) in [4.78, 5) is 85.5. The van der Waals surface area contributed by atoms with Crippen LogP contribution in [0.5, 0.6) is 57.5 Å². The molecule has 12 aromatic carbocycles. The van der Waals surface area contributed by atoms with Crippen LogP contribution < -0.4 is 0 Å². The average molecular weight is 1740 g/mol. The lowest BCUT2D eigenvalue weighted by Gasteiger charge is -2.21. The summed E-state index contributed by atoms with van der Waals surface area (Å²) in [5, 5.41) is 169. The monoisotopic (exact) mass is 1730 g/mol. The normalized spacial score (nSPS) is 10.4. The molecule has 12 rings (SSSR count). The van der Waals surface area contributed by atoms with E-state index in [2.05, 4.69) is 0 Å². The second-order valence-electron chi connectivity index (χ2n) is 30.1. The molecule has 127 heavy (non-hydrogen) atoms. The van der Waals surface area contributed by atoms with Crippen molar-refractivity contribution in [3.63, 3.8) is 0 Å². The van der Waals surface area contributed by atoms with Crippen LogP contribution in [0.3, 0.4) is 0 Å². The Kier molecular flexibility index (Phi) is 41.0. The maximum atomic E-state index is 11.0. The first-order valence-electron chi connectivity index (χ1n) is 39.5. The number of aromatic hydroxyl groups is 10. The van der Waals surface area contributed by atoms with E-state index >= 15 is 0 Å². The van der Waals surface area contributed by atoms with E-state index in [4.69, 9.17) is 35.7 Å². The van der Waals surface area contributed by atoms with Gasteiger partial charge in [0.2, 0.25) is 0 Å². The van der Waals surface area contributed by atoms with Gasteiger partial charge in [0.1, 0.15) is 63.8 Å². The van der Waals surface area contributed by atoms with E-state index in [1.807, 2.05) is 114 Å². The van der Waals surface area contributed by atoms with Crippen molar-refractivity contribution in [2.45, 2.75) is 140 Å². The number of carbonyl (C=O) groups is 8. The molecule has 0 aromatic heterocycles. The fraction of sp³-hybridized carbons (Fsp3) is 0.208. The molecule has 0 radical (unpaired) electrons. The number of aldehydes is 8. The molecule has 0 spiro atoms. The van der Waals surface area contributed by atoms with Gasteiger partial charge in [-0.3, -0.25) is 38.4 Å². The molecule has 0 fully saturated rings. The number of aliphatic hydroxyl groups is 8. The van der Waals surface area contributed by atoms with E-state index in [0.29, 0.717) is 147 Å². The van der Waals surface area contributed by atoms with Crippen molar-refractivity contribution in [2.75, 3.05) is 0 Å². The standard InChI is InChI=1S/2C17H18O4.2C14H12O3.C12H16O3.C10H12O3.C9H10O3.C8H8O3/c1-10-3-12(6-14(8-18)16(10)20)5-13-4-11(2)17(21)15(7-13)9-19;1-10-3-12(16(20)14(5-10)8-18)7-13-4-11(2)6-15(9-19)17(13)21;15-8-10-6-12(9-16)14(17)13(7-10)11-4-2-1-3-5-11;15-8-12-6-11(7-13(9-16)14(12)17)10-4-2-1-3-5-10;1-12(2,3)10-4-8(6-13)11(15)9(5-10)7-14;1-2-8-3-7(5-11)4-9(6-12)10(8)13;1-6-2-7(4-10)9(12)8(3-6)5-11;9-4-6-1-2-8(11)7(3-6)5-10/h3-4,6-8,19-21H,5,9H2,1-2H3;3-6,8,19-21H,7,9H2,1-2H3;2*1-8,16-17H,9H2;4-6,14-15H,7H2,1-3H3;3-4,6,11,13H,2,5H2,1H3;2-4,11-12H,5H2,1H3;1-3,5,9,11H,4H2. The summed E-state index contributed by atoms with van der Waals surface area (Å²) in [6, 6.07) is 53.2. The van der Waals surface area contributed by atoms with Gasteiger partial charge in [0.15, 0.2) is 44.0 Å². The van der Waals surface area contributed by atoms with Crippen LogP contribution in [0.1, 0.15) is 216 Å². The SMILES string of the molecule is CC(C)(C)c1cc(C=O)c(O)c(CO)c1.CCc1cc(CO)cc(C=O)c1O.Cc1cc(C=O)c(O)c(CO)c1.Cc1cc(C=O)c(O)c(Cc2cc(C)cc(CO)c2O)c1.Cc1cc(Cc2cc(C)c(O)c(CO)c2)cc(C=O)c1O.O=Cc1cc(-c2ccccc2)cc(CO)c1O.O=Cc1cc(CO)c(O)c(-c2ccccc2)c1.O=Cc1cc(CO)ccc1O. The van der Waals surface area contributed by atoms with Crippen LogP contribution in [-0.4, -0.2) is 142 Å². The van der Waals surface area contributed by atoms with Gasteiger partial charge in [-0.2, -0.15) is 0 Å². The van der Waals surface area contributed by atoms with E-state index < -0.39 is 0 Å². The Hall–Kier alpha value is -14.3. The molecule has 26 nitrogen and oxygen atoms in total. The molecule has 0 saturated carbocycles. The fourth-order valence-electron chi connectivity index (χ4n) is 12.9. The van der Waals surface area contributed by atoms with Gasteiger partial charge in [-0.05, 0) is 221 Å². The minimum atomic E-state index is -0.298. The van der Waals surface area contributed by atoms with Crippen LogP contribution in [0, 0.1) is 34.6 Å². The Bertz CT molecular complexity index is 5790. The van der Waals surface area contributed by atoms with Crippen molar-refractivity contribution in [3.8, 4) is 79.7 Å². The van der Waals surface area contributed by atoms with Gasteiger partial charge in [0, 0.05) is 50.9 Å². The third-order valence-corrected chi connectivity index (χ3v) is 19.6. The molecule has 0 heterocycles. The number of hydrogen-bond donors (Lipinski definition) is 18. The van der Waals surface area contributed by atoms with Crippen molar-refractivity contribution in [1.82, 2.24) is 0 Å². The summed E-state index contributed by atoms with van der Waals surface area (Å²) in [7, 11) is 0. The predicted molar refractivity (Wildman–Crippen MR) is 480 cm³/mol. The third-order valence-electron chi connectivity index (χ3n) is 19.6. The molecular formula is C101H106O26. The molecule has 0 saturated heterocycles. The van der Waals surface area contributed by atoms with Crippen LogP contribution in [0.2, 0.25) is 0 Å². The lowest BCUT2D eigenvalue weighted by molar-refractivity contribution is 0.111.